The molecule has 9 heteroatoms. The number of benzene rings is 2. The first-order valence-electron chi connectivity index (χ1n) is 11.3. The highest BCUT2D eigenvalue weighted by Crippen LogP contribution is 2.30. The van der Waals surface area contributed by atoms with Crippen molar-refractivity contribution in [2.24, 2.45) is 4.99 Å². The molecule has 4 aromatic rings. The maximum atomic E-state index is 13.5. The van der Waals surface area contributed by atoms with E-state index >= 15 is 0 Å². The van der Waals surface area contributed by atoms with Crippen LogP contribution in [0.1, 0.15) is 35.2 Å². The SMILES string of the molecule is O=C(NCCCC1=NC=CC1)c1ccc2nc(OCc3cn[nH]c3)c(-c3ccc(F)cc3)nc2c1. The molecule has 3 heterocycles. The van der Waals surface area contributed by atoms with Crippen LogP contribution in [-0.4, -0.2) is 38.3 Å². The molecule has 0 radical (unpaired) electrons. The molecule has 0 spiro atoms. The van der Waals surface area contributed by atoms with E-state index in [1.807, 2.05) is 12.3 Å². The van der Waals surface area contributed by atoms with Crippen molar-refractivity contribution in [2.45, 2.75) is 25.9 Å². The van der Waals surface area contributed by atoms with Crippen molar-refractivity contribution in [2.75, 3.05) is 6.54 Å². The number of amides is 1. The first kappa shape index (κ1) is 22.4. The molecule has 0 atom stereocenters. The second-order valence-electron chi connectivity index (χ2n) is 8.13. The predicted octanol–water partition coefficient (Wildman–Crippen LogP) is 4.61. The Labute approximate surface area is 201 Å². The molecular weight excluding hydrogens is 447 g/mol. The maximum Gasteiger partial charge on any atom is 0.251 e. The third-order valence-corrected chi connectivity index (χ3v) is 5.59. The Morgan fingerprint density at radius 3 is 2.77 bits per heavy atom. The van der Waals surface area contributed by atoms with Crippen LogP contribution in [0.3, 0.4) is 0 Å². The molecule has 0 aliphatic carbocycles. The highest BCUT2D eigenvalue weighted by Gasteiger charge is 2.15. The minimum absolute atomic E-state index is 0.177. The number of rotatable bonds is 9. The predicted molar refractivity (Wildman–Crippen MR) is 131 cm³/mol. The van der Waals surface area contributed by atoms with Crippen LogP contribution in [-0.2, 0) is 6.61 Å². The van der Waals surface area contributed by atoms with Crippen LogP contribution in [0.25, 0.3) is 22.3 Å². The Hall–Kier alpha value is -4.40. The Kier molecular flexibility index (Phi) is 6.56. The second-order valence-corrected chi connectivity index (χ2v) is 8.13. The third kappa shape index (κ3) is 5.40. The summed E-state index contributed by atoms with van der Waals surface area (Å²) in [7, 11) is 0. The van der Waals surface area contributed by atoms with Gasteiger partial charge in [-0.3, -0.25) is 14.9 Å². The smallest absolute Gasteiger partial charge is 0.251 e. The van der Waals surface area contributed by atoms with E-state index in [0.29, 0.717) is 40.3 Å². The highest BCUT2D eigenvalue weighted by atomic mass is 19.1. The molecule has 1 amide bonds. The van der Waals surface area contributed by atoms with Gasteiger partial charge in [0.05, 0.1) is 17.2 Å². The zero-order chi connectivity index (χ0) is 24.0. The molecule has 2 N–H and O–H groups in total. The lowest BCUT2D eigenvalue weighted by atomic mass is 10.1. The summed E-state index contributed by atoms with van der Waals surface area (Å²) in [5.41, 5.74) is 4.72. The number of aromatic nitrogens is 4. The molecular formula is C26H23FN6O2. The van der Waals surface area contributed by atoms with Gasteiger partial charge in [0, 0.05) is 47.8 Å². The standard InChI is InChI=1S/C26H23FN6O2/c27-20-8-5-18(6-9-20)24-26(35-16-17-14-30-31-15-17)33-22-10-7-19(13-23(22)32-24)25(34)29-12-2-4-21-3-1-11-28-21/h1,5-11,13-15H,2-4,12,16H2,(H,29,34)(H,30,31). The van der Waals surface area contributed by atoms with Crippen molar-refractivity contribution in [3.63, 3.8) is 0 Å². The average molecular weight is 471 g/mol. The Balaban J connectivity index is 1.37. The normalized spacial score (nSPS) is 12.7. The van der Waals surface area contributed by atoms with Crippen LogP contribution in [0.2, 0.25) is 0 Å². The molecule has 1 aliphatic heterocycles. The summed E-state index contributed by atoms with van der Waals surface area (Å²) in [5, 5.41) is 9.61. The van der Waals surface area contributed by atoms with E-state index in [1.54, 1.807) is 42.7 Å². The minimum Gasteiger partial charge on any atom is -0.471 e. The van der Waals surface area contributed by atoms with Crippen molar-refractivity contribution in [3.05, 3.63) is 84.1 Å². The lowest BCUT2D eigenvalue weighted by Crippen LogP contribution is -2.24. The molecule has 2 aromatic carbocycles. The first-order valence-corrected chi connectivity index (χ1v) is 11.3. The topological polar surface area (TPSA) is 105 Å². The number of nitrogens with one attached hydrogen (secondary N) is 2. The van der Waals surface area contributed by atoms with E-state index in [9.17, 15) is 9.18 Å². The molecule has 0 unspecified atom stereocenters. The summed E-state index contributed by atoms with van der Waals surface area (Å²) in [6.45, 7) is 0.803. The molecule has 176 valence electrons. The number of fused-ring (bicyclic) bond motifs is 1. The first-order chi connectivity index (χ1) is 17.2. The van der Waals surface area contributed by atoms with Gasteiger partial charge in [-0.25, -0.2) is 14.4 Å². The van der Waals surface area contributed by atoms with Gasteiger partial charge < -0.3 is 10.1 Å². The van der Waals surface area contributed by atoms with E-state index in [1.165, 1.54) is 12.1 Å². The number of H-pyrrole nitrogens is 1. The van der Waals surface area contributed by atoms with E-state index in [-0.39, 0.29) is 18.3 Å². The Morgan fingerprint density at radius 1 is 1.11 bits per heavy atom. The number of ether oxygens (including phenoxy) is 1. The minimum atomic E-state index is -0.349. The summed E-state index contributed by atoms with van der Waals surface area (Å²) in [6.07, 6.45) is 9.81. The van der Waals surface area contributed by atoms with Gasteiger partial charge in [-0.05, 0) is 55.3 Å². The van der Waals surface area contributed by atoms with Crippen LogP contribution in [0.4, 0.5) is 4.39 Å². The molecule has 0 saturated heterocycles. The Bertz CT molecular complexity index is 1400. The molecule has 5 rings (SSSR count). The van der Waals surface area contributed by atoms with Gasteiger partial charge in [0.2, 0.25) is 5.88 Å². The summed E-state index contributed by atoms with van der Waals surface area (Å²) in [4.78, 5) is 26.4. The monoisotopic (exact) mass is 470 g/mol. The van der Waals surface area contributed by atoms with Crippen LogP contribution in [0.5, 0.6) is 5.88 Å². The fourth-order valence-electron chi connectivity index (χ4n) is 3.75. The van der Waals surface area contributed by atoms with E-state index in [2.05, 4.69) is 25.5 Å². The van der Waals surface area contributed by atoms with Crippen LogP contribution >= 0.6 is 0 Å². The lowest BCUT2D eigenvalue weighted by molar-refractivity contribution is 0.0953. The van der Waals surface area contributed by atoms with E-state index in [0.717, 1.165) is 30.5 Å². The number of nitrogens with zero attached hydrogens (tertiary/aromatic N) is 4. The third-order valence-electron chi connectivity index (χ3n) is 5.59. The van der Waals surface area contributed by atoms with Crippen LogP contribution in [0, 0.1) is 5.82 Å². The number of carbonyl (C=O) groups excluding carboxylic acids is 1. The van der Waals surface area contributed by atoms with Gasteiger partial charge in [0.1, 0.15) is 18.1 Å². The highest BCUT2D eigenvalue weighted by molar-refractivity contribution is 5.97. The summed E-state index contributed by atoms with van der Waals surface area (Å²) < 4.78 is 19.5. The quantitative estimate of drug-likeness (QED) is 0.348. The van der Waals surface area contributed by atoms with Gasteiger partial charge in [0.25, 0.3) is 5.91 Å². The van der Waals surface area contributed by atoms with Crippen molar-refractivity contribution in [1.82, 2.24) is 25.5 Å². The number of aliphatic imine (C=N–C) groups is 1. The molecule has 0 saturated carbocycles. The molecule has 35 heavy (non-hydrogen) atoms. The van der Waals surface area contributed by atoms with Gasteiger partial charge in [0.15, 0.2) is 0 Å². The largest absolute Gasteiger partial charge is 0.471 e. The Morgan fingerprint density at radius 2 is 2.00 bits per heavy atom. The zero-order valence-corrected chi connectivity index (χ0v) is 18.9. The van der Waals surface area contributed by atoms with Gasteiger partial charge in [-0.1, -0.05) is 6.08 Å². The number of carbonyl (C=O) groups is 1. The van der Waals surface area contributed by atoms with Crippen molar-refractivity contribution >= 4 is 22.7 Å². The van der Waals surface area contributed by atoms with Crippen molar-refractivity contribution in [3.8, 4) is 17.1 Å². The summed E-state index contributed by atoms with van der Waals surface area (Å²) >= 11 is 0. The summed E-state index contributed by atoms with van der Waals surface area (Å²) in [5.74, 6) is -0.214. The zero-order valence-electron chi connectivity index (χ0n) is 18.9. The fraction of sp³-hybridized carbons (Fsp3) is 0.192. The van der Waals surface area contributed by atoms with E-state index in [4.69, 9.17) is 9.72 Å². The van der Waals surface area contributed by atoms with E-state index < -0.39 is 0 Å². The number of aromatic amines is 1. The number of allylic oxidation sites excluding steroid dienone is 1. The van der Waals surface area contributed by atoms with Gasteiger partial charge in [-0.15, -0.1) is 0 Å². The summed E-state index contributed by atoms with van der Waals surface area (Å²) in [6, 6.07) is 11.1. The maximum absolute atomic E-state index is 13.5. The lowest BCUT2D eigenvalue weighted by Gasteiger charge is -2.12. The van der Waals surface area contributed by atoms with Gasteiger partial charge >= 0.3 is 0 Å². The number of halogens is 1. The van der Waals surface area contributed by atoms with Crippen LogP contribution in [0.15, 0.2) is 72.1 Å². The molecule has 1 aliphatic rings. The number of hydrogen-bond acceptors (Lipinski definition) is 6. The second kappa shape index (κ2) is 10.3. The van der Waals surface area contributed by atoms with Crippen molar-refractivity contribution in [1.29, 1.82) is 0 Å². The number of hydrogen-bond donors (Lipinski definition) is 2. The van der Waals surface area contributed by atoms with Crippen LogP contribution < -0.4 is 10.1 Å². The van der Waals surface area contributed by atoms with Crippen molar-refractivity contribution < 1.29 is 13.9 Å². The fourth-order valence-corrected chi connectivity index (χ4v) is 3.75. The molecule has 0 fully saturated rings. The molecule has 8 nitrogen and oxygen atoms in total. The average Bonchev–Trinajstić information content (AvgIpc) is 3.59. The van der Waals surface area contributed by atoms with Gasteiger partial charge in [-0.2, -0.15) is 5.10 Å². The molecule has 0 bridgehead atoms. The molecule has 2 aromatic heterocycles.